The van der Waals surface area contributed by atoms with E-state index in [1.807, 2.05) is 0 Å². The molecule has 26 heavy (non-hydrogen) atoms. The highest BCUT2D eigenvalue weighted by Crippen LogP contribution is 2.55. The van der Waals surface area contributed by atoms with Gasteiger partial charge in [-0.05, 0) is 63.0 Å². The van der Waals surface area contributed by atoms with Gasteiger partial charge in [0.15, 0.2) is 0 Å². The van der Waals surface area contributed by atoms with Crippen LogP contribution in [0.3, 0.4) is 0 Å². The van der Waals surface area contributed by atoms with Gasteiger partial charge in [-0.2, -0.15) is 0 Å². The molecule has 0 radical (unpaired) electrons. The molecule has 4 atom stereocenters. The van der Waals surface area contributed by atoms with Crippen molar-refractivity contribution in [2.75, 3.05) is 33.7 Å². The number of ether oxygens (including phenoxy) is 1. The molecule has 3 aliphatic heterocycles. The van der Waals surface area contributed by atoms with Crippen molar-refractivity contribution < 1.29 is 4.74 Å². The highest BCUT2D eigenvalue weighted by molar-refractivity contribution is 5.80. The molecule has 2 aromatic rings. The number of fused-ring (bicyclic) bond motifs is 2. The average Bonchev–Trinajstić information content (AvgIpc) is 3.34. The molecule has 4 heterocycles. The first-order chi connectivity index (χ1) is 12.6. The molecule has 4 nitrogen and oxygen atoms in total. The van der Waals surface area contributed by atoms with Crippen molar-refractivity contribution in [1.29, 1.82) is 0 Å². The molecular formula is C22H31N3O. The van der Waals surface area contributed by atoms with Gasteiger partial charge in [-0.1, -0.05) is 6.07 Å². The Labute approximate surface area is 156 Å². The van der Waals surface area contributed by atoms with E-state index in [-0.39, 0.29) is 5.60 Å². The van der Waals surface area contributed by atoms with Gasteiger partial charge in [-0.25, -0.2) is 0 Å². The van der Waals surface area contributed by atoms with E-state index in [4.69, 9.17) is 4.74 Å². The van der Waals surface area contributed by atoms with Gasteiger partial charge in [0.2, 0.25) is 0 Å². The van der Waals surface area contributed by atoms with Crippen LogP contribution in [0.4, 0.5) is 0 Å². The van der Waals surface area contributed by atoms with Crippen molar-refractivity contribution in [3.63, 3.8) is 0 Å². The van der Waals surface area contributed by atoms with E-state index in [9.17, 15) is 0 Å². The molecule has 3 aliphatic rings. The van der Waals surface area contributed by atoms with Gasteiger partial charge in [-0.3, -0.25) is 4.90 Å². The third-order valence-corrected chi connectivity index (χ3v) is 7.01. The van der Waals surface area contributed by atoms with Crippen LogP contribution in [0.1, 0.15) is 25.3 Å². The maximum Gasteiger partial charge on any atom is 0.0858 e. The van der Waals surface area contributed by atoms with Crippen LogP contribution in [0.2, 0.25) is 0 Å². The molecular weight excluding hydrogens is 322 g/mol. The molecule has 140 valence electrons. The van der Waals surface area contributed by atoms with Crippen LogP contribution in [-0.2, 0) is 17.8 Å². The van der Waals surface area contributed by atoms with E-state index < -0.39 is 0 Å². The minimum atomic E-state index is 0.154. The Morgan fingerprint density at radius 3 is 2.96 bits per heavy atom. The Balaban J connectivity index is 1.33. The van der Waals surface area contributed by atoms with Crippen LogP contribution in [0.25, 0.3) is 10.9 Å². The normalized spacial score (nSPS) is 33.6. The first kappa shape index (κ1) is 16.8. The predicted molar refractivity (Wildman–Crippen MR) is 105 cm³/mol. The number of hydrogen-bond acceptors (Lipinski definition) is 3. The molecule has 3 saturated heterocycles. The first-order valence-corrected chi connectivity index (χ1v) is 10.2. The number of nitrogens with zero attached hydrogens (tertiary/aromatic N) is 3. The maximum absolute atomic E-state index is 6.58. The topological polar surface area (TPSA) is 20.6 Å². The zero-order valence-electron chi connectivity index (χ0n) is 16.3. The smallest absolute Gasteiger partial charge is 0.0858 e. The van der Waals surface area contributed by atoms with E-state index in [2.05, 4.69) is 65.8 Å². The molecule has 0 N–H and O–H groups in total. The van der Waals surface area contributed by atoms with Crippen molar-refractivity contribution in [1.82, 2.24) is 14.4 Å². The standard InChI is InChI=1S/C22H31N3O/c1-4-25-10-8-17-11-16(5-6-20(17)25)12-24-14-19-18(13-23(2)3)21-7-9-22(19,15-24)26-21/h5-6,8,10-11,18-19,21H,4,7,9,12-15H2,1-3H3/t18-,19+,21+,22+/m0/s1. The lowest BCUT2D eigenvalue weighted by Crippen LogP contribution is -2.40. The second-order valence-electron chi connectivity index (χ2n) is 8.96. The van der Waals surface area contributed by atoms with Crippen LogP contribution < -0.4 is 0 Å². The summed E-state index contributed by atoms with van der Waals surface area (Å²) in [5.41, 5.74) is 2.93. The molecule has 3 fully saturated rings. The fourth-order valence-corrected chi connectivity index (χ4v) is 5.95. The van der Waals surface area contributed by atoms with E-state index in [0.717, 1.165) is 19.6 Å². The van der Waals surface area contributed by atoms with Crippen LogP contribution in [0.5, 0.6) is 0 Å². The Morgan fingerprint density at radius 2 is 2.15 bits per heavy atom. The van der Waals surface area contributed by atoms with Crippen LogP contribution in [0, 0.1) is 11.8 Å². The second-order valence-corrected chi connectivity index (χ2v) is 8.96. The lowest BCUT2D eigenvalue weighted by atomic mass is 9.73. The van der Waals surface area contributed by atoms with Crippen molar-refractivity contribution >= 4 is 10.9 Å². The van der Waals surface area contributed by atoms with Gasteiger partial charge in [0, 0.05) is 56.3 Å². The summed E-state index contributed by atoms with van der Waals surface area (Å²) in [5, 5.41) is 1.37. The molecule has 0 saturated carbocycles. The quantitative estimate of drug-likeness (QED) is 0.823. The Morgan fingerprint density at radius 1 is 1.27 bits per heavy atom. The largest absolute Gasteiger partial charge is 0.370 e. The molecule has 4 heteroatoms. The summed E-state index contributed by atoms with van der Waals surface area (Å²) in [6.07, 6.45) is 5.24. The van der Waals surface area contributed by atoms with Gasteiger partial charge in [0.1, 0.15) is 0 Å². The summed E-state index contributed by atoms with van der Waals surface area (Å²) in [7, 11) is 4.39. The van der Waals surface area contributed by atoms with Gasteiger partial charge >= 0.3 is 0 Å². The molecule has 1 aromatic heterocycles. The van der Waals surface area contributed by atoms with Gasteiger partial charge in [0.05, 0.1) is 11.7 Å². The summed E-state index contributed by atoms with van der Waals surface area (Å²) in [6.45, 7) is 7.77. The van der Waals surface area contributed by atoms with E-state index in [0.29, 0.717) is 17.9 Å². The molecule has 5 rings (SSSR count). The van der Waals surface area contributed by atoms with Crippen molar-refractivity contribution in [2.45, 2.75) is 44.6 Å². The van der Waals surface area contributed by atoms with Crippen molar-refractivity contribution in [2.24, 2.45) is 11.8 Å². The highest BCUT2D eigenvalue weighted by Gasteiger charge is 2.62. The fourth-order valence-electron chi connectivity index (χ4n) is 5.95. The SMILES string of the molecule is CCn1ccc2cc(CN3C[C@@H]4[C@H](CN(C)C)[C@H]5CC[C@]4(C3)O5)ccc21. The Hall–Kier alpha value is -1.36. The second kappa shape index (κ2) is 6.08. The molecule has 2 bridgehead atoms. The predicted octanol–water partition coefficient (Wildman–Crippen LogP) is 3.20. The summed E-state index contributed by atoms with van der Waals surface area (Å²) < 4.78 is 8.90. The first-order valence-electron chi connectivity index (χ1n) is 10.2. The molecule has 1 aromatic carbocycles. The van der Waals surface area contributed by atoms with Crippen molar-refractivity contribution in [3.05, 3.63) is 36.0 Å². The van der Waals surface area contributed by atoms with Crippen LogP contribution in [0.15, 0.2) is 30.5 Å². The number of likely N-dealkylation sites (tertiary alicyclic amines) is 1. The third kappa shape index (κ3) is 2.54. The minimum absolute atomic E-state index is 0.154. The number of rotatable bonds is 5. The minimum Gasteiger partial charge on any atom is -0.370 e. The maximum atomic E-state index is 6.58. The van der Waals surface area contributed by atoms with Gasteiger partial charge in [-0.15, -0.1) is 0 Å². The molecule has 0 aliphatic carbocycles. The number of benzene rings is 1. The fraction of sp³-hybridized carbons (Fsp3) is 0.636. The lowest BCUT2D eigenvalue weighted by Gasteiger charge is -2.31. The van der Waals surface area contributed by atoms with E-state index in [1.165, 1.54) is 42.4 Å². The highest BCUT2D eigenvalue weighted by atomic mass is 16.5. The van der Waals surface area contributed by atoms with E-state index >= 15 is 0 Å². The zero-order valence-corrected chi connectivity index (χ0v) is 16.3. The lowest BCUT2D eigenvalue weighted by molar-refractivity contribution is 0.00145. The summed E-state index contributed by atoms with van der Waals surface area (Å²) >= 11 is 0. The summed E-state index contributed by atoms with van der Waals surface area (Å²) in [6, 6.07) is 9.23. The average molecular weight is 354 g/mol. The zero-order chi connectivity index (χ0) is 17.9. The molecule has 1 spiro atoms. The Bertz CT molecular complexity index is 813. The molecule has 0 amide bonds. The summed E-state index contributed by atoms with van der Waals surface area (Å²) in [5.74, 6) is 1.43. The number of hydrogen-bond donors (Lipinski definition) is 0. The number of aryl methyl sites for hydroxylation is 1. The van der Waals surface area contributed by atoms with Crippen LogP contribution >= 0.6 is 0 Å². The van der Waals surface area contributed by atoms with Crippen molar-refractivity contribution in [3.8, 4) is 0 Å². The van der Waals surface area contributed by atoms with E-state index in [1.54, 1.807) is 0 Å². The third-order valence-electron chi connectivity index (χ3n) is 7.01. The van der Waals surface area contributed by atoms with Crippen LogP contribution in [-0.4, -0.2) is 59.8 Å². The Kier molecular flexibility index (Phi) is 3.93. The summed E-state index contributed by atoms with van der Waals surface area (Å²) in [4.78, 5) is 4.99. The van der Waals surface area contributed by atoms with Gasteiger partial charge < -0.3 is 14.2 Å². The molecule has 0 unspecified atom stereocenters. The number of aromatic nitrogens is 1. The van der Waals surface area contributed by atoms with Gasteiger partial charge in [0.25, 0.3) is 0 Å². The monoisotopic (exact) mass is 353 g/mol.